The number of fused-ring (bicyclic) bond motifs is 1. The smallest absolute Gasteiger partial charge is 0.347 e. The van der Waals surface area contributed by atoms with Crippen molar-refractivity contribution in [2.45, 2.75) is 88.7 Å². The van der Waals surface area contributed by atoms with E-state index in [2.05, 4.69) is 22.9 Å². The van der Waals surface area contributed by atoms with E-state index in [0.717, 1.165) is 37.7 Å². The molecule has 5 atom stereocenters. The summed E-state index contributed by atoms with van der Waals surface area (Å²) in [6.07, 6.45) is 5.37. The first-order valence-corrected chi connectivity index (χ1v) is 12.9. The number of cyclic esters (lactones) is 1. The van der Waals surface area contributed by atoms with Crippen LogP contribution in [-0.4, -0.2) is 73.2 Å². The van der Waals surface area contributed by atoms with Gasteiger partial charge in [0, 0.05) is 31.6 Å². The van der Waals surface area contributed by atoms with Gasteiger partial charge in [0.1, 0.15) is 11.8 Å². The summed E-state index contributed by atoms with van der Waals surface area (Å²) < 4.78 is 10.7. The van der Waals surface area contributed by atoms with Crippen LogP contribution in [0.25, 0.3) is 0 Å². The fourth-order valence-electron chi connectivity index (χ4n) is 5.18. The number of carbonyl (C=O) groups is 3. The third-order valence-electron chi connectivity index (χ3n) is 7.33. The van der Waals surface area contributed by atoms with Crippen molar-refractivity contribution >= 4 is 17.8 Å². The third kappa shape index (κ3) is 6.32. The molecule has 0 radical (unpaired) electrons. The highest BCUT2D eigenvalue weighted by Crippen LogP contribution is 2.31. The number of rotatable bonds is 9. The Hall–Kier alpha value is -2.65. The summed E-state index contributed by atoms with van der Waals surface area (Å²) in [4.78, 5) is 40.3. The zero-order valence-corrected chi connectivity index (χ0v) is 20.8. The van der Waals surface area contributed by atoms with Gasteiger partial charge in [0.15, 0.2) is 6.10 Å². The molecule has 3 saturated heterocycles. The van der Waals surface area contributed by atoms with E-state index in [9.17, 15) is 14.4 Å². The summed E-state index contributed by atoms with van der Waals surface area (Å²) in [5.41, 5.74) is 0.872. The SMILES string of the molecule is CN[C@@H](C)CN[C@H]1CCCC[C@H]2CC[C@@H](C(=O)NCc3cccc(OC4CCOC4=O)c3)N2C1=O. The Balaban J connectivity index is 1.36. The molecule has 9 heteroatoms. The van der Waals surface area contributed by atoms with Gasteiger partial charge in [-0.1, -0.05) is 25.0 Å². The van der Waals surface area contributed by atoms with Gasteiger partial charge in [-0.3, -0.25) is 9.59 Å². The third-order valence-corrected chi connectivity index (χ3v) is 7.33. The topological polar surface area (TPSA) is 109 Å². The number of nitrogens with one attached hydrogen (secondary N) is 3. The Morgan fingerprint density at radius 1 is 1.17 bits per heavy atom. The van der Waals surface area contributed by atoms with Crippen LogP contribution in [0.4, 0.5) is 0 Å². The largest absolute Gasteiger partial charge is 0.479 e. The first kappa shape index (κ1) is 25.4. The maximum Gasteiger partial charge on any atom is 0.347 e. The van der Waals surface area contributed by atoms with Gasteiger partial charge in [0.2, 0.25) is 11.8 Å². The van der Waals surface area contributed by atoms with Crippen LogP contribution in [-0.2, 0) is 25.7 Å². The Labute approximate surface area is 207 Å². The molecule has 0 aromatic heterocycles. The molecule has 0 spiro atoms. The quantitative estimate of drug-likeness (QED) is 0.454. The van der Waals surface area contributed by atoms with Crippen LogP contribution in [0.3, 0.4) is 0 Å². The fraction of sp³-hybridized carbons (Fsp3) is 0.654. The molecule has 9 nitrogen and oxygen atoms in total. The minimum absolute atomic E-state index is 0.0505. The van der Waals surface area contributed by atoms with E-state index >= 15 is 0 Å². The minimum Gasteiger partial charge on any atom is -0.479 e. The molecule has 3 aliphatic rings. The van der Waals surface area contributed by atoms with E-state index < -0.39 is 12.1 Å². The lowest BCUT2D eigenvalue weighted by molar-refractivity contribution is -0.143. The van der Waals surface area contributed by atoms with Gasteiger partial charge < -0.3 is 30.3 Å². The summed E-state index contributed by atoms with van der Waals surface area (Å²) in [6, 6.07) is 7.07. The summed E-state index contributed by atoms with van der Waals surface area (Å²) in [5, 5.41) is 9.65. The van der Waals surface area contributed by atoms with E-state index in [1.165, 1.54) is 0 Å². The van der Waals surface area contributed by atoms with Gasteiger partial charge >= 0.3 is 5.97 Å². The molecule has 0 bridgehead atoms. The monoisotopic (exact) mass is 486 g/mol. The lowest BCUT2D eigenvalue weighted by Gasteiger charge is -2.35. The molecular formula is C26H38N4O5. The highest BCUT2D eigenvalue weighted by molar-refractivity contribution is 5.90. The molecular weight excluding hydrogens is 448 g/mol. The lowest BCUT2D eigenvalue weighted by atomic mass is 9.98. The van der Waals surface area contributed by atoms with Crippen LogP contribution in [0.15, 0.2) is 24.3 Å². The average molecular weight is 487 g/mol. The summed E-state index contributed by atoms with van der Waals surface area (Å²) >= 11 is 0. The number of hydrogen-bond donors (Lipinski definition) is 3. The van der Waals surface area contributed by atoms with Crippen molar-refractivity contribution < 1.29 is 23.9 Å². The normalized spacial score (nSPS) is 27.5. The van der Waals surface area contributed by atoms with E-state index in [0.29, 0.717) is 38.3 Å². The van der Waals surface area contributed by atoms with Crippen LogP contribution in [0.1, 0.15) is 57.4 Å². The van der Waals surface area contributed by atoms with Gasteiger partial charge in [-0.2, -0.15) is 0 Å². The fourth-order valence-corrected chi connectivity index (χ4v) is 5.18. The van der Waals surface area contributed by atoms with E-state index in [4.69, 9.17) is 9.47 Å². The number of esters is 1. The first-order valence-electron chi connectivity index (χ1n) is 12.9. The van der Waals surface area contributed by atoms with E-state index in [1.54, 1.807) is 6.07 Å². The summed E-state index contributed by atoms with van der Waals surface area (Å²) in [5.74, 6) is 0.166. The van der Waals surface area contributed by atoms with Crippen molar-refractivity contribution in [3.63, 3.8) is 0 Å². The van der Waals surface area contributed by atoms with Crippen molar-refractivity contribution in [1.82, 2.24) is 20.9 Å². The second-order valence-electron chi connectivity index (χ2n) is 9.86. The van der Waals surface area contributed by atoms with E-state index in [-0.39, 0.29) is 35.9 Å². The van der Waals surface area contributed by atoms with Crippen molar-refractivity contribution in [1.29, 1.82) is 0 Å². The molecule has 3 aliphatic heterocycles. The van der Waals surface area contributed by atoms with Crippen molar-refractivity contribution in [2.75, 3.05) is 20.2 Å². The van der Waals surface area contributed by atoms with Crippen LogP contribution < -0.4 is 20.7 Å². The Bertz CT molecular complexity index is 909. The molecule has 1 aromatic rings. The maximum absolute atomic E-state index is 13.5. The van der Waals surface area contributed by atoms with Gasteiger partial charge in [-0.25, -0.2) is 4.79 Å². The molecule has 0 aliphatic carbocycles. The first-order chi connectivity index (χ1) is 17.0. The van der Waals surface area contributed by atoms with Crippen LogP contribution in [0.5, 0.6) is 5.75 Å². The van der Waals surface area contributed by atoms with Crippen LogP contribution in [0.2, 0.25) is 0 Å². The average Bonchev–Trinajstić information content (AvgIpc) is 3.46. The number of benzene rings is 1. The molecule has 35 heavy (non-hydrogen) atoms. The molecule has 0 saturated carbocycles. The number of amides is 2. The highest BCUT2D eigenvalue weighted by Gasteiger charge is 2.43. The molecule has 1 aromatic carbocycles. The number of ether oxygens (including phenoxy) is 2. The summed E-state index contributed by atoms with van der Waals surface area (Å²) in [7, 11) is 1.91. The lowest BCUT2D eigenvalue weighted by Crippen LogP contribution is -2.56. The Morgan fingerprint density at radius 3 is 2.77 bits per heavy atom. The van der Waals surface area contributed by atoms with Crippen LogP contribution in [0, 0.1) is 0 Å². The van der Waals surface area contributed by atoms with E-state index in [1.807, 2.05) is 30.1 Å². The minimum atomic E-state index is -0.578. The Kier molecular flexibility index (Phi) is 8.62. The second-order valence-corrected chi connectivity index (χ2v) is 9.86. The Morgan fingerprint density at radius 2 is 2.00 bits per heavy atom. The zero-order chi connectivity index (χ0) is 24.8. The standard InChI is InChI=1S/C26H38N4O5/c1-17(27-2)15-28-21-9-4-3-7-19-10-11-22(30(19)25(21)32)24(31)29-16-18-6-5-8-20(14-18)35-23-12-13-34-26(23)33/h5-6,8,14,17,19,21-23,27-28H,3-4,7,9-13,15-16H2,1-2H3,(H,29,31)/t17-,19-,21-,22-,23?/m0/s1. The predicted octanol–water partition coefficient (Wildman–Crippen LogP) is 1.50. The second kappa shape index (κ2) is 11.9. The molecule has 3 heterocycles. The molecule has 2 amide bonds. The van der Waals surface area contributed by atoms with Crippen LogP contribution >= 0.6 is 0 Å². The zero-order valence-electron chi connectivity index (χ0n) is 20.8. The molecule has 3 fully saturated rings. The van der Waals surface area contributed by atoms with Gasteiger partial charge in [-0.05, 0) is 57.4 Å². The highest BCUT2D eigenvalue weighted by atomic mass is 16.6. The maximum atomic E-state index is 13.5. The molecule has 1 unspecified atom stereocenters. The molecule has 4 rings (SSSR count). The summed E-state index contributed by atoms with van der Waals surface area (Å²) in [6.45, 7) is 3.49. The van der Waals surface area contributed by atoms with Gasteiger partial charge in [-0.15, -0.1) is 0 Å². The number of hydrogen-bond acceptors (Lipinski definition) is 7. The molecule has 192 valence electrons. The number of carbonyl (C=O) groups excluding carboxylic acids is 3. The molecule has 3 N–H and O–H groups in total. The predicted molar refractivity (Wildman–Crippen MR) is 131 cm³/mol. The van der Waals surface area contributed by atoms with Gasteiger partial charge in [0.05, 0.1) is 12.6 Å². The van der Waals surface area contributed by atoms with Gasteiger partial charge in [0.25, 0.3) is 0 Å². The number of nitrogens with zero attached hydrogens (tertiary/aromatic N) is 1. The number of likely N-dealkylation sites (N-methyl/N-ethyl adjacent to an activating group) is 1. The van der Waals surface area contributed by atoms with Crippen molar-refractivity contribution in [3.8, 4) is 5.75 Å². The van der Waals surface area contributed by atoms with Crippen molar-refractivity contribution in [3.05, 3.63) is 29.8 Å². The van der Waals surface area contributed by atoms with Crippen molar-refractivity contribution in [2.24, 2.45) is 0 Å².